The minimum atomic E-state index is -2.74. The summed E-state index contributed by atoms with van der Waals surface area (Å²) in [7, 11) is 0. The molecule has 0 radical (unpaired) electrons. The van der Waals surface area contributed by atoms with Gasteiger partial charge in [-0.3, -0.25) is 14.6 Å². The van der Waals surface area contributed by atoms with E-state index < -0.39 is 47.6 Å². The van der Waals surface area contributed by atoms with Gasteiger partial charge in [0.2, 0.25) is 0 Å². The molecule has 5 rings (SSSR count). The van der Waals surface area contributed by atoms with E-state index in [2.05, 4.69) is 35.9 Å². The molecule has 13 heteroatoms. The zero-order valence-corrected chi connectivity index (χ0v) is 29.9. The summed E-state index contributed by atoms with van der Waals surface area (Å²) in [6.45, 7) is 10.8. The van der Waals surface area contributed by atoms with E-state index in [9.17, 15) is 24.6 Å². The molecule has 0 aliphatic carbocycles. The number of rotatable bonds is 10. The maximum atomic E-state index is 11.7. The fraction of sp³-hybridized carbons (Fsp3) is 0.421. The van der Waals surface area contributed by atoms with Gasteiger partial charge in [-0.05, 0) is 73.7 Å². The number of likely N-dealkylation sites (tertiary alicyclic amines) is 1. The summed E-state index contributed by atoms with van der Waals surface area (Å²) in [4.78, 5) is 37.5. The molecular formula is C38H45ClN2O10. The quantitative estimate of drug-likeness (QED) is 0.163. The van der Waals surface area contributed by atoms with Crippen molar-refractivity contribution in [3.05, 3.63) is 99.8 Å². The topological polar surface area (TPSA) is 198 Å². The van der Waals surface area contributed by atoms with Gasteiger partial charge >= 0.3 is 17.9 Å². The first-order chi connectivity index (χ1) is 23.8. The predicted octanol–water partition coefficient (Wildman–Crippen LogP) is 5.05. The van der Waals surface area contributed by atoms with E-state index in [4.69, 9.17) is 36.8 Å². The highest BCUT2D eigenvalue weighted by atomic mass is 35.5. The molecule has 12 nitrogen and oxygen atoms in total. The van der Waals surface area contributed by atoms with Crippen LogP contribution in [0, 0.1) is 5.41 Å². The number of hydrogen-bond donors (Lipinski definition) is 6. The third-order valence-corrected chi connectivity index (χ3v) is 9.70. The molecule has 0 bridgehead atoms. The number of benzene rings is 2. The van der Waals surface area contributed by atoms with Crippen LogP contribution in [0.25, 0.3) is 5.57 Å². The molecule has 2 aromatic carbocycles. The van der Waals surface area contributed by atoms with Gasteiger partial charge in [-0.1, -0.05) is 55.8 Å². The number of fused-ring (bicyclic) bond motifs is 2. The average molecular weight is 725 g/mol. The second kappa shape index (κ2) is 15.5. The molecule has 0 unspecified atom stereocenters. The van der Waals surface area contributed by atoms with Crippen molar-refractivity contribution < 1.29 is 49.8 Å². The second-order valence-electron chi connectivity index (χ2n) is 14.2. The number of hydrogen-bond acceptors (Lipinski definition) is 9. The van der Waals surface area contributed by atoms with Crippen LogP contribution in [-0.2, 0) is 32.2 Å². The van der Waals surface area contributed by atoms with Crippen LogP contribution in [0.1, 0.15) is 81.3 Å². The Labute approximate surface area is 301 Å². The minimum absolute atomic E-state index is 0.326. The van der Waals surface area contributed by atoms with Crippen molar-refractivity contribution in [1.29, 1.82) is 0 Å². The number of carboxylic acid groups (broad SMARTS) is 3. The lowest BCUT2D eigenvalue weighted by Gasteiger charge is -2.50. The molecule has 1 atom stereocenters. The van der Waals surface area contributed by atoms with Gasteiger partial charge in [-0.25, -0.2) is 4.79 Å². The highest BCUT2D eigenvalue weighted by Crippen LogP contribution is 2.46. The number of halogens is 1. The molecule has 1 saturated heterocycles. The van der Waals surface area contributed by atoms with Crippen LogP contribution in [-0.4, -0.2) is 83.7 Å². The molecule has 274 valence electrons. The van der Waals surface area contributed by atoms with E-state index in [1.165, 1.54) is 0 Å². The lowest BCUT2D eigenvalue weighted by molar-refractivity contribution is -0.170. The summed E-state index contributed by atoms with van der Waals surface area (Å²) in [6, 6.07) is 17.6. The number of ether oxygens (including phenoxy) is 1. The second-order valence-corrected chi connectivity index (χ2v) is 14.7. The maximum absolute atomic E-state index is 11.7. The van der Waals surface area contributed by atoms with Gasteiger partial charge in [-0.2, -0.15) is 0 Å². The van der Waals surface area contributed by atoms with Crippen molar-refractivity contribution in [1.82, 2.24) is 9.88 Å². The van der Waals surface area contributed by atoms with Gasteiger partial charge in [0.1, 0.15) is 12.4 Å². The summed E-state index contributed by atoms with van der Waals surface area (Å²) in [6.07, 6.45) is 3.29. The molecule has 3 aromatic rings. The molecule has 0 saturated carbocycles. The lowest BCUT2D eigenvalue weighted by atomic mass is 9.66. The Morgan fingerprint density at radius 1 is 0.980 bits per heavy atom. The van der Waals surface area contributed by atoms with Crippen LogP contribution in [0.4, 0.5) is 0 Å². The van der Waals surface area contributed by atoms with Crippen molar-refractivity contribution in [2.24, 2.45) is 5.41 Å². The number of piperidine rings is 1. The highest BCUT2D eigenvalue weighted by Gasteiger charge is 2.48. The van der Waals surface area contributed by atoms with Crippen LogP contribution in [0.5, 0.6) is 5.75 Å². The average Bonchev–Trinajstić information content (AvgIpc) is 3.18. The van der Waals surface area contributed by atoms with Gasteiger partial charge in [0.05, 0.1) is 29.7 Å². The number of carbonyl (C=O) groups is 3. The SMILES string of the molecule is CC(C)(O)c1ccc2c(c1)C(=CCCN1CC[C@](O)(c3ccc(Cl)cc3)C(C)(C)C1)c1cccnc1CO2.O=C(O)CC(O)(CC(=O)O)C(=O)O. The Hall–Kier alpha value is -4.33. The Morgan fingerprint density at radius 3 is 2.20 bits per heavy atom. The molecular weight excluding hydrogens is 680 g/mol. The number of nitrogens with zero attached hydrogens (tertiary/aromatic N) is 2. The third kappa shape index (κ3) is 9.32. The smallest absolute Gasteiger partial charge is 0.336 e. The van der Waals surface area contributed by atoms with Crippen molar-refractivity contribution in [2.45, 2.75) is 76.8 Å². The number of aromatic nitrogens is 1. The fourth-order valence-corrected chi connectivity index (χ4v) is 6.67. The first kappa shape index (κ1) is 39.5. The maximum Gasteiger partial charge on any atom is 0.336 e. The van der Waals surface area contributed by atoms with Crippen molar-refractivity contribution in [3.63, 3.8) is 0 Å². The first-order valence-electron chi connectivity index (χ1n) is 16.5. The molecule has 0 spiro atoms. The van der Waals surface area contributed by atoms with E-state index in [0.29, 0.717) is 18.1 Å². The first-order valence-corrected chi connectivity index (χ1v) is 16.9. The molecule has 2 aliphatic heterocycles. The van der Waals surface area contributed by atoms with E-state index in [1.54, 1.807) is 20.0 Å². The minimum Gasteiger partial charge on any atom is -0.487 e. The van der Waals surface area contributed by atoms with E-state index >= 15 is 0 Å². The van der Waals surface area contributed by atoms with E-state index in [-0.39, 0.29) is 5.41 Å². The molecule has 1 aromatic heterocycles. The largest absolute Gasteiger partial charge is 0.487 e. The van der Waals surface area contributed by atoms with Crippen LogP contribution < -0.4 is 4.74 Å². The number of carboxylic acids is 3. The van der Waals surface area contributed by atoms with Gasteiger partial charge in [0.15, 0.2) is 5.60 Å². The fourth-order valence-electron chi connectivity index (χ4n) is 6.54. The van der Waals surface area contributed by atoms with Gasteiger partial charge in [0, 0.05) is 47.4 Å². The lowest BCUT2D eigenvalue weighted by Crippen LogP contribution is -2.55. The standard InChI is InChI=1S/C32H37ClN2O3.C6H8O7/c1-30(2)21-35(18-15-32(30,37)22-9-12-24(33)13-10-22)17-6-8-25-26-7-5-16-34-28(26)20-38-29-14-11-23(19-27(25)29)31(3,4)36;7-3(8)1-6(13,5(11)12)2-4(9)10/h5,7-14,16,19,36-37H,6,15,17-18,20-21H2,1-4H3;13H,1-2H2,(H,7,8)(H,9,10)(H,11,12)/t32-;/m0./s1. The zero-order valence-electron chi connectivity index (χ0n) is 29.1. The predicted molar refractivity (Wildman–Crippen MR) is 189 cm³/mol. The summed E-state index contributed by atoms with van der Waals surface area (Å²) < 4.78 is 6.14. The molecule has 3 heterocycles. The normalized spacial score (nSPS) is 19.4. The number of aliphatic carboxylic acids is 3. The van der Waals surface area contributed by atoms with Crippen molar-refractivity contribution >= 4 is 35.1 Å². The molecule has 0 amide bonds. The molecule has 51 heavy (non-hydrogen) atoms. The van der Waals surface area contributed by atoms with Crippen molar-refractivity contribution in [3.8, 4) is 5.75 Å². The summed E-state index contributed by atoms with van der Waals surface area (Å²) >= 11 is 6.10. The molecule has 1 fully saturated rings. The Bertz CT molecular complexity index is 1770. The highest BCUT2D eigenvalue weighted by molar-refractivity contribution is 6.30. The van der Waals surface area contributed by atoms with Crippen LogP contribution in [0.3, 0.4) is 0 Å². The van der Waals surface area contributed by atoms with Crippen LogP contribution in [0.2, 0.25) is 5.02 Å². The summed E-state index contributed by atoms with van der Waals surface area (Å²) in [5.41, 5.74) is 0.889. The Kier molecular flexibility index (Phi) is 12.0. The zero-order chi connectivity index (χ0) is 37.8. The van der Waals surface area contributed by atoms with Gasteiger partial charge in [0.25, 0.3) is 0 Å². The Balaban J connectivity index is 0.000000383. The van der Waals surface area contributed by atoms with Gasteiger partial charge in [-0.15, -0.1) is 0 Å². The van der Waals surface area contributed by atoms with E-state index in [0.717, 1.165) is 65.3 Å². The molecule has 6 N–H and O–H groups in total. The summed E-state index contributed by atoms with van der Waals surface area (Å²) in [5.74, 6) is -4.22. The number of aliphatic hydroxyl groups is 3. The van der Waals surface area contributed by atoms with Crippen molar-refractivity contribution in [2.75, 3.05) is 19.6 Å². The monoisotopic (exact) mass is 724 g/mol. The Morgan fingerprint density at radius 2 is 1.63 bits per heavy atom. The van der Waals surface area contributed by atoms with Crippen LogP contribution >= 0.6 is 11.6 Å². The molecule has 2 aliphatic rings. The van der Waals surface area contributed by atoms with Crippen LogP contribution in [0.15, 0.2) is 66.9 Å². The van der Waals surface area contributed by atoms with Gasteiger partial charge < -0.3 is 40.3 Å². The number of pyridine rings is 1. The third-order valence-electron chi connectivity index (χ3n) is 9.45. The summed E-state index contributed by atoms with van der Waals surface area (Å²) in [5, 5.41) is 56.9. The van der Waals surface area contributed by atoms with E-state index in [1.807, 2.05) is 48.5 Å².